The van der Waals surface area contributed by atoms with Crippen LogP contribution in [-0.4, -0.2) is 66.8 Å². The number of hydrogen-bond acceptors (Lipinski definition) is 8. The Morgan fingerprint density at radius 1 is 1.07 bits per heavy atom. The molecule has 0 spiro atoms. The zero-order chi connectivity index (χ0) is 28.9. The lowest BCUT2D eigenvalue weighted by Crippen LogP contribution is -2.38. The monoisotopic (exact) mass is 589 g/mol. The molecule has 9 nitrogen and oxygen atoms in total. The van der Waals surface area contributed by atoms with Crippen LogP contribution in [0.1, 0.15) is 5.56 Å². The van der Waals surface area contributed by atoms with Crippen LogP contribution in [0.2, 0.25) is 5.02 Å². The van der Waals surface area contributed by atoms with Gasteiger partial charge in [0.1, 0.15) is 42.7 Å². The molecular formula is C31H29ClFN5O4. The zero-order valence-electron chi connectivity index (χ0n) is 22.8. The van der Waals surface area contributed by atoms with Gasteiger partial charge in [0.15, 0.2) is 0 Å². The Hall–Kier alpha value is -4.25. The largest absolute Gasteiger partial charge is 0.489 e. The van der Waals surface area contributed by atoms with E-state index in [1.165, 1.54) is 18.5 Å². The van der Waals surface area contributed by atoms with Gasteiger partial charge >= 0.3 is 0 Å². The molecule has 1 aromatic heterocycles. The Morgan fingerprint density at radius 2 is 1.95 bits per heavy atom. The van der Waals surface area contributed by atoms with Gasteiger partial charge in [-0.15, -0.1) is 0 Å². The van der Waals surface area contributed by atoms with Crippen molar-refractivity contribution in [2.45, 2.75) is 6.61 Å². The maximum absolute atomic E-state index is 13.5. The van der Waals surface area contributed by atoms with Crippen LogP contribution in [0.25, 0.3) is 10.9 Å². The number of nitrogens with one attached hydrogen (secondary N) is 1. The van der Waals surface area contributed by atoms with Gasteiger partial charge in [-0.2, -0.15) is 0 Å². The van der Waals surface area contributed by atoms with Crippen molar-refractivity contribution in [1.29, 1.82) is 0 Å². The quantitative estimate of drug-likeness (QED) is 0.275. The zero-order valence-corrected chi connectivity index (χ0v) is 23.5. The first-order valence-corrected chi connectivity index (χ1v) is 14.0. The maximum Gasteiger partial charge on any atom is 0.250 e. The highest BCUT2D eigenvalue weighted by molar-refractivity contribution is 6.32. The highest BCUT2D eigenvalue weighted by Gasteiger charge is 2.24. The Kier molecular flexibility index (Phi) is 8.45. The molecule has 0 bridgehead atoms. The molecule has 2 aliphatic rings. The molecule has 0 unspecified atom stereocenters. The van der Waals surface area contributed by atoms with Crippen LogP contribution in [0.15, 0.2) is 73.1 Å². The van der Waals surface area contributed by atoms with Gasteiger partial charge < -0.3 is 24.4 Å². The molecule has 1 fully saturated rings. The first-order valence-electron chi connectivity index (χ1n) is 13.7. The number of benzene rings is 3. The van der Waals surface area contributed by atoms with Crippen LogP contribution >= 0.6 is 11.6 Å². The number of ether oxygens (including phenoxy) is 3. The smallest absolute Gasteiger partial charge is 0.250 e. The molecule has 0 aliphatic carbocycles. The fourth-order valence-corrected chi connectivity index (χ4v) is 5.13. The van der Waals surface area contributed by atoms with Crippen LogP contribution < -0.4 is 19.7 Å². The maximum atomic E-state index is 13.5. The lowest BCUT2D eigenvalue weighted by atomic mass is 10.1. The molecule has 1 N–H and O–H groups in total. The number of rotatable bonds is 8. The third-order valence-electron chi connectivity index (χ3n) is 7.05. The molecule has 0 saturated carbocycles. The SMILES string of the molecule is O=C(C=CCN1CCOCC1)N1CCOc2cc3ncnc(Nc4ccc(OCc5cccc(F)c5)c(Cl)c4)c3cc21. The predicted molar refractivity (Wildman–Crippen MR) is 159 cm³/mol. The molecule has 216 valence electrons. The second kappa shape index (κ2) is 12.7. The van der Waals surface area contributed by atoms with E-state index in [1.54, 1.807) is 35.2 Å². The van der Waals surface area contributed by atoms with E-state index < -0.39 is 0 Å². The van der Waals surface area contributed by atoms with Crippen molar-refractivity contribution in [3.63, 3.8) is 0 Å². The summed E-state index contributed by atoms with van der Waals surface area (Å²) in [5, 5.41) is 4.41. The number of halogens is 2. The Balaban J connectivity index is 1.19. The van der Waals surface area contributed by atoms with Crippen molar-refractivity contribution in [3.05, 3.63) is 89.5 Å². The Morgan fingerprint density at radius 3 is 2.79 bits per heavy atom. The predicted octanol–water partition coefficient (Wildman–Crippen LogP) is 5.36. The fraction of sp³-hybridized carbons (Fsp3) is 0.258. The summed E-state index contributed by atoms with van der Waals surface area (Å²) >= 11 is 6.50. The Labute approximate surface area is 247 Å². The van der Waals surface area contributed by atoms with Gasteiger partial charge in [-0.25, -0.2) is 14.4 Å². The van der Waals surface area contributed by atoms with Crippen LogP contribution in [0.5, 0.6) is 11.5 Å². The number of nitrogens with zero attached hydrogens (tertiary/aromatic N) is 4. The van der Waals surface area contributed by atoms with Crippen molar-refractivity contribution in [3.8, 4) is 11.5 Å². The van der Waals surface area contributed by atoms with E-state index in [-0.39, 0.29) is 18.3 Å². The number of anilines is 3. The summed E-state index contributed by atoms with van der Waals surface area (Å²) in [5.41, 5.74) is 2.72. The minimum absolute atomic E-state index is 0.112. The van der Waals surface area contributed by atoms with Gasteiger partial charge in [0.2, 0.25) is 0 Å². The van der Waals surface area contributed by atoms with E-state index >= 15 is 0 Å². The average molecular weight is 590 g/mol. The van der Waals surface area contributed by atoms with Gasteiger partial charge in [0.05, 0.1) is 36.0 Å². The second-order valence-corrected chi connectivity index (χ2v) is 10.3. The first-order chi connectivity index (χ1) is 20.5. The van der Waals surface area contributed by atoms with Gasteiger partial charge in [0, 0.05) is 42.9 Å². The molecule has 2 aliphatic heterocycles. The molecular weight excluding hydrogens is 561 g/mol. The van der Waals surface area contributed by atoms with Crippen molar-refractivity contribution >= 4 is 45.6 Å². The van der Waals surface area contributed by atoms with Crippen LogP contribution in [0.4, 0.5) is 21.6 Å². The van der Waals surface area contributed by atoms with E-state index in [4.69, 9.17) is 25.8 Å². The standard InChI is InChI=1S/C31H29ClFN5O4/c32-25-16-23(6-7-28(25)42-19-21-3-1-4-22(33)15-21)36-31-24-17-27-29(18-26(24)34-20-35-31)41-14-11-38(27)30(39)5-2-8-37-9-12-40-13-10-37/h1-7,15-18,20H,8-14,19H2,(H,34,35,36). The van der Waals surface area contributed by atoms with E-state index in [1.807, 2.05) is 24.3 Å². The average Bonchev–Trinajstić information content (AvgIpc) is 3.00. The van der Waals surface area contributed by atoms with Crippen molar-refractivity contribution < 1.29 is 23.4 Å². The molecule has 0 atom stereocenters. The van der Waals surface area contributed by atoms with Gasteiger partial charge in [-0.1, -0.05) is 29.8 Å². The number of amides is 1. The molecule has 3 aromatic carbocycles. The Bertz CT molecular complexity index is 1630. The van der Waals surface area contributed by atoms with Crippen molar-refractivity contribution in [2.75, 3.05) is 56.2 Å². The minimum Gasteiger partial charge on any atom is -0.489 e. The molecule has 1 saturated heterocycles. The number of fused-ring (bicyclic) bond motifs is 2. The van der Waals surface area contributed by atoms with E-state index in [0.717, 1.165) is 18.5 Å². The van der Waals surface area contributed by atoms with Gasteiger partial charge in [-0.05, 0) is 42.0 Å². The van der Waals surface area contributed by atoms with Gasteiger partial charge in [0.25, 0.3) is 5.91 Å². The summed E-state index contributed by atoms with van der Waals surface area (Å²) in [6.45, 7) is 4.85. The first kappa shape index (κ1) is 27.9. The summed E-state index contributed by atoms with van der Waals surface area (Å²) in [5.74, 6) is 1.18. The van der Waals surface area contributed by atoms with Crippen LogP contribution in [-0.2, 0) is 16.1 Å². The normalized spacial score (nSPS) is 15.4. The number of carbonyl (C=O) groups is 1. The molecule has 4 aromatic rings. The topological polar surface area (TPSA) is 89.1 Å². The lowest BCUT2D eigenvalue weighted by molar-refractivity contribution is -0.114. The molecule has 6 rings (SSSR count). The second-order valence-electron chi connectivity index (χ2n) is 9.90. The van der Waals surface area contributed by atoms with Gasteiger partial charge in [-0.3, -0.25) is 9.69 Å². The van der Waals surface area contributed by atoms with E-state index in [2.05, 4.69) is 20.2 Å². The molecule has 1 amide bonds. The third-order valence-corrected chi connectivity index (χ3v) is 7.35. The third kappa shape index (κ3) is 6.46. The molecule has 3 heterocycles. The highest BCUT2D eigenvalue weighted by atomic mass is 35.5. The summed E-state index contributed by atoms with van der Waals surface area (Å²) in [6, 6.07) is 15.2. The van der Waals surface area contributed by atoms with E-state index in [0.29, 0.717) is 77.7 Å². The van der Waals surface area contributed by atoms with E-state index in [9.17, 15) is 9.18 Å². The van der Waals surface area contributed by atoms with Crippen LogP contribution in [0, 0.1) is 5.82 Å². The summed E-state index contributed by atoms with van der Waals surface area (Å²) < 4.78 is 30.5. The summed E-state index contributed by atoms with van der Waals surface area (Å²) in [4.78, 5) is 26.0. The highest BCUT2D eigenvalue weighted by Crippen LogP contribution is 2.38. The van der Waals surface area contributed by atoms with Crippen molar-refractivity contribution in [1.82, 2.24) is 14.9 Å². The number of hydrogen-bond donors (Lipinski definition) is 1. The summed E-state index contributed by atoms with van der Waals surface area (Å²) in [7, 11) is 0. The number of carbonyl (C=O) groups excluding carboxylic acids is 1. The van der Waals surface area contributed by atoms with Crippen molar-refractivity contribution in [2.24, 2.45) is 0 Å². The number of aromatic nitrogens is 2. The fourth-order valence-electron chi connectivity index (χ4n) is 4.89. The summed E-state index contributed by atoms with van der Waals surface area (Å²) in [6.07, 6.45) is 4.99. The molecule has 42 heavy (non-hydrogen) atoms. The number of morpholine rings is 1. The molecule has 0 radical (unpaired) electrons. The molecule has 11 heteroatoms. The lowest BCUT2D eigenvalue weighted by Gasteiger charge is -2.29. The minimum atomic E-state index is -0.320. The van der Waals surface area contributed by atoms with Crippen LogP contribution in [0.3, 0.4) is 0 Å².